The smallest absolute Gasteiger partial charge is 0.228 e. The quantitative estimate of drug-likeness (QED) is 0.267. The van der Waals surface area contributed by atoms with E-state index in [1.54, 1.807) is 48.4 Å². The fourth-order valence-corrected chi connectivity index (χ4v) is 4.70. The molecule has 0 bridgehead atoms. The van der Waals surface area contributed by atoms with Crippen molar-refractivity contribution in [3.05, 3.63) is 71.9 Å². The number of pyridine rings is 1. The molecule has 0 aliphatic heterocycles. The number of carbonyl (C=O) groups excluding carboxylic acids is 1. The highest BCUT2D eigenvalue weighted by Crippen LogP contribution is 2.35. The number of hydrogen-bond acceptors (Lipinski definition) is 5. The molecule has 2 aromatic heterocycles. The Kier molecular flexibility index (Phi) is 7.87. The minimum atomic E-state index is -0.463. The van der Waals surface area contributed by atoms with E-state index in [1.165, 1.54) is 0 Å². The Balaban J connectivity index is 1.54. The first-order chi connectivity index (χ1) is 18.0. The van der Waals surface area contributed by atoms with Gasteiger partial charge in [-0.15, -0.1) is 10.7 Å². The van der Waals surface area contributed by atoms with Crippen LogP contribution in [0.2, 0.25) is 0 Å². The summed E-state index contributed by atoms with van der Waals surface area (Å²) in [4.78, 5) is 17.1. The molecule has 1 atom stereocenters. The second kappa shape index (κ2) is 10.9. The lowest BCUT2D eigenvalue weighted by molar-refractivity contribution is -0.115. The largest absolute Gasteiger partial charge is 0.456 e. The van der Waals surface area contributed by atoms with Crippen LogP contribution in [0.25, 0.3) is 10.9 Å². The molecule has 7 nitrogen and oxygen atoms in total. The van der Waals surface area contributed by atoms with Gasteiger partial charge >= 0.3 is 0 Å². The molecule has 2 aromatic carbocycles. The van der Waals surface area contributed by atoms with E-state index in [9.17, 15) is 4.79 Å². The van der Waals surface area contributed by atoms with Gasteiger partial charge in [-0.25, -0.2) is 4.39 Å². The molecule has 38 heavy (non-hydrogen) atoms. The molecule has 1 unspecified atom stereocenters. The van der Waals surface area contributed by atoms with Gasteiger partial charge in [-0.05, 0) is 82.1 Å². The summed E-state index contributed by atoms with van der Waals surface area (Å²) < 4.78 is 25.5. The minimum absolute atomic E-state index is 0.0306. The summed E-state index contributed by atoms with van der Waals surface area (Å²) in [6, 6.07) is 11.1. The fourth-order valence-electron chi connectivity index (χ4n) is 3.94. The highest BCUT2D eigenvalue weighted by Gasteiger charge is 2.18. The number of nitrogens with zero attached hydrogens (tertiary/aromatic N) is 4. The van der Waals surface area contributed by atoms with Crippen molar-refractivity contribution in [1.82, 2.24) is 14.8 Å². The number of amides is 1. The van der Waals surface area contributed by atoms with Crippen LogP contribution in [0.15, 0.2) is 55.0 Å². The third-order valence-corrected chi connectivity index (χ3v) is 8.12. The highest BCUT2D eigenvalue weighted by atomic mass is 32.2. The number of anilines is 2. The Bertz CT molecular complexity index is 1520. The summed E-state index contributed by atoms with van der Waals surface area (Å²) in [6.45, 7) is 9.76. The molecule has 0 radical (unpaired) electrons. The standard InChI is InChI=1S/C29H34FN5O2S/c1-8-38(7)34(6)22-10-11-24-23(16-22)26(13-14-31-24)37-25-12-9-20(28(30)19(25)2)15-27(36)33-21-17-32-35(18-21)29(3,4)5/h8-14,16-18H,15H2,1-7H3,(H,33,36). The normalized spacial score (nSPS) is 12.5. The van der Waals surface area contributed by atoms with E-state index in [1.807, 2.05) is 52.9 Å². The summed E-state index contributed by atoms with van der Waals surface area (Å²) in [7, 11) is 2.02. The van der Waals surface area contributed by atoms with Crippen molar-refractivity contribution in [2.24, 2.45) is 0 Å². The number of hydrogen-bond donors (Lipinski definition) is 1. The molecule has 4 aromatic rings. The van der Waals surface area contributed by atoms with Crippen LogP contribution >= 0.6 is 10.7 Å². The number of benzene rings is 2. The summed E-state index contributed by atoms with van der Waals surface area (Å²) in [5.74, 6) is 0.198. The topological polar surface area (TPSA) is 72.3 Å². The maximum Gasteiger partial charge on any atom is 0.228 e. The Labute approximate surface area is 225 Å². The van der Waals surface area contributed by atoms with Crippen molar-refractivity contribution in [2.75, 3.05) is 22.9 Å². The van der Waals surface area contributed by atoms with Gasteiger partial charge in [-0.3, -0.25) is 14.5 Å². The highest BCUT2D eigenvalue weighted by molar-refractivity contribution is 8.15. The van der Waals surface area contributed by atoms with Gasteiger partial charge in [0.1, 0.15) is 17.3 Å². The van der Waals surface area contributed by atoms with E-state index in [0.29, 0.717) is 28.3 Å². The zero-order valence-corrected chi connectivity index (χ0v) is 23.7. The molecular formula is C29H34FN5O2S. The van der Waals surface area contributed by atoms with Crippen LogP contribution in [0.5, 0.6) is 11.5 Å². The minimum Gasteiger partial charge on any atom is -0.456 e. The molecule has 1 N–H and O–H groups in total. The van der Waals surface area contributed by atoms with Gasteiger partial charge in [0.2, 0.25) is 5.91 Å². The van der Waals surface area contributed by atoms with Crippen LogP contribution in [-0.2, 0) is 16.8 Å². The van der Waals surface area contributed by atoms with Crippen LogP contribution in [0.4, 0.5) is 15.8 Å². The summed E-state index contributed by atoms with van der Waals surface area (Å²) in [5.41, 5.74) is 2.83. The number of ether oxygens (including phenoxy) is 1. The van der Waals surface area contributed by atoms with Gasteiger partial charge in [-0.2, -0.15) is 5.10 Å². The van der Waals surface area contributed by atoms with Crippen LogP contribution in [-0.4, -0.2) is 39.3 Å². The monoisotopic (exact) mass is 535 g/mol. The molecular weight excluding hydrogens is 501 g/mol. The lowest BCUT2D eigenvalue weighted by Gasteiger charge is -2.21. The maximum atomic E-state index is 15.3. The first kappa shape index (κ1) is 27.3. The molecule has 0 fully saturated rings. The van der Waals surface area contributed by atoms with Crippen LogP contribution in [0.3, 0.4) is 0 Å². The molecule has 0 aliphatic carbocycles. The first-order valence-corrected chi connectivity index (χ1v) is 14.0. The Hall–Kier alpha value is -3.72. The van der Waals surface area contributed by atoms with Crippen LogP contribution in [0.1, 0.15) is 38.8 Å². The molecule has 0 spiro atoms. The first-order valence-electron chi connectivity index (χ1n) is 12.4. The number of rotatable bonds is 7. The summed E-state index contributed by atoms with van der Waals surface area (Å²) >= 11 is 0. The van der Waals surface area contributed by atoms with Gasteiger partial charge in [0.15, 0.2) is 0 Å². The summed E-state index contributed by atoms with van der Waals surface area (Å²) in [6.07, 6.45) is 7.08. The van der Waals surface area contributed by atoms with E-state index in [-0.39, 0.29) is 28.5 Å². The molecule has 2 heterocycles. The Morgan fingerprint density at radius 2 is 1.97 bits per heavy atom. The predicted octanol–water partition coefficient (Wildman–Crippen LogP) is 6.68. The molecule has 0 aliphatic rings. The molecule has 1 amide bonds. The second-order valence-electron chi connectivity index (χ2n) is 10.1. The number of halogens is 1. The SMILES string of the molecule is C/C=S(/C)N(C)c1ccc2nccc(Oc3ccc(CC(=O)Nc4cnn(C(C)(C)C)c4)c(F)c3C)c2c1. The third kappa shape index (κ3) is 5.88. The number of aromatic nitrogens is 3. The van der Waals surface area contributed by atoms with Crippen LogP contribution < -0.4 is 14.4 Å². The number of carbonyl (C=O) groups is 1. The van der Waals surface area contributed by atoms with Crippen molar-refractivity contribution in [1.29, 1.82) is 0 Å². The van der Waals surface area contributed by atoms with Crippen molar-refractivity contribution < 1.29 is 13.9 Å². The van der Waals surface area contributed by atoms with Crippen molar-refractivity contribution in [3.63, 3.8) is 0 Å². The lowest BCUT2D eigenvalue weighted by atomic mass is 10.1. The van der Waals surface area contributed by atoms with E-state index < -0.39 is 5.82 Å². The van der Waals surface area contributed by atoms with Gasteiger partial charge in [-0.1, -0.05) is 6.07 Å². The predicted molar refractivity (Wildman–Crippen MR) is 156 cm³/mol. The van der Waals surface area contributed by atoms with Gasteiger partial charge in [0.25, 0.3) is 0 Å². The van der Waals surface area contributed by atoms with E-state index in [4.69, 9.17) is 4.74 Å². The molecule has 4 rings (SSSR count). The molecule has 0 saturated carbocycles. The number of fused-ring (bicyclic) bond motifs is 1. The summed E-state index contributed by atoms with van der Waals surface area (Å²) in [5, 5.41) is 10.1. The van der Waals surface area contributed by atoms with Gasteiger partial charge in [0.05, 0.1) is 29.4 Å². The van der Waals surface area contributed by atoms with Crippen molar-refractivity contribution in [3.8, 4) is 11.5 Å². The maximum absolute atomic E-state index is 15.3. The number of nitrogens with one attached hydrogen (secondary N) is 1. The zero-order chi connectivity index (χ0) is 27.6. The molecule has 200 valence electrons. The van der Waals surface area contributed by atoms with Gasteiger partial charge < -0.3 is 14.4 Å². The average molecular weight is 536 g/mol. The lowest BCUT2D eigenvalue weighted by Crippen LogP contribution is -2.22. The van der Waals surface area contributed by atoms with E-state index in [0.717, 1.165) is 16.6 Å². The van der Waals surface area contributed by atoms with Crippen molar-refractivity contribution in [2.45, 2.75) is 46.6 Å². The fraction of sp³-hybridized carbons (Fsp3) is 0.310. The van der Waals surface area contributed by atoms with Crippen molar-refractivity contribution >= 4 is 44.2 Å². The van der Waals surface area contributed by atoms with E-state index >= 15 is 4.39 Å². The Morgan fingerprint density at radius 3 is 2.66 bits per heavy atom. The third-order valence-electron chi connectivity index (χ3n) is 6.36. The van der Waals surface area contributed by atoms with Crippen LogP contribution in [0, 0.1) is 12.7 Å². The molecule has 0 saturated heterocycles. The van der Waals surface area contributed by atoms with Gasteiger partial charge in [0, 0.05) is 36.1 Å². The Morgan fingerprint density at radius 1 is 1.21 bits per heavy atom. The van der Waals surface area contributed by atoms with E-state index in [2.05, 4.69) is 31.3 Å². The average Bonchev–Trinajstić information content (AvgIpc) is 3.36. The molecule has 9 heteroatoms. The second-order valence-corrected chi connectivity index (χ2v) is 12.2. The zero-order valence-electron chi connectivity index (χ0n) is 22.9.